The third kappa shape index (κ3) is 2.98. The molecule has 1 N–H and O–H groups in total. The van der Waals surface area contributed by atoms with Crippen molar-refractivity contribution in [3.63, 3.8) is 0 Å². The van der Waals surface area contributed by atoms with Gasteiger partial charge in [-0.3, -0.25) is 4.79 Å². The van der Waals surface area contributed by atoms with Gasteiger partial charge in [0.05, 0.1) is 21.3 Å². The van der Waals surface area contributed by atoms with Crippen LogP contribution in [-0.4, -0.2) is 32.1 Å². The van der Waals surface area contributed by atoms with Gasteiger partial charge >= 0.3 is 0 Å². The first-order valence-corrected chi connectivity index (χ1v) is 9.76. The van der Waals surface area contributed by atoms with Crippen LogP contribution < -0.4 is 14.2 Å². The zero-order valence-corrected chi connectivity index (χ0v) is 18.1. The Kier molecular flexibility index (Phi) is 4.90. The van der Waals surface area contributed by atoms with Crippen molar-refractivity contribution in [2.24, 2.45) is 0 Å². The van der Waals surface area contributed by atoms with E-state index in [-0.39, 0.29) is 5.78 Å². The molecule has 4 aromatic rings. The van der Waals surface area contributed by atoms with Crippen LogP contribution in [0.25, 0.3) is 21.8 Å². The van der Waals surface area contributed by atoms with Gasteiger partial charge in [-0.25, -0.2) is 0 Å². The molecule has 1 aromatic heterocycles. The predicted molar refractivity (Wildman–Crippen MR) is 120 cm³/mol. The van der Waals surface area contributed by atoms with Crippen molar-refractivity contribution in [2.45, 2.75) is 20.8 Å². The quantitative estimate of drug-likeness (QED) is 0.447. The number of carbonyl (C=O) groups excluding carboxylic acids is 1. The standard InChI is InChI=1S/C25H25NO4/c1-13-7-8-19-18(9-13)22-15(3)17(10-14(2)23(22)26-19)24(27)16-11-20(28-4)25(30-6)21(12-16)29-5/h7-12,26H,1-6H3. The van der Waals surface area contributed by atoms with Gasteiger partial charge in [-0.15, -0.1) is 0 Å². The lowest BCUT2D eigenvalue weighted by atomic mass is 9.93. The Labute approximate surface area is 175 Å². The summed E-state index contributed by atoms with van der Waals surface area (Å²) in [6.45, 7) is 6.10. The van der Waals surface area contributed by atoms with E-state index in [4.69, 9.17) is 14.2 Å². The van der Waals surface area contributed by atoms with Crippen LogP contribution in [0.5, 0.6) is 17.2 Å². The smallest absolute Gasteiger partial charge is 0.203 e. The van der Waals surface area contributed by atoms with E-state index in [1.165, 1.54) is 5.56 Å². The average molecular weight is 403 g/mol. The minimum atomic E-state index is -0.0845. The van der Waals surface area contributed by atoms with Gasteiger partial charge in [0.25, 0.3) is 0 Å². The van der Waals surface area contributed by atoms with Gasteiger partial charge in [-0.2, -0.15) is 0 Å². The molecule has 0 radical (unpaired) electrons. The van der Waals surface area contributed by atoms with E-state index in [1.54, 1.807) is 33.5 Å². The maximum Gasteiger partial charge on any atom is 0.203 e. The molecule has 4 rings (SSSR count). The summed E-state index contributed by atoms with van der Waals surface area (Å²) in [5.74, 6) is 1.29. The molecule has 0 aliphatic rings. The summed E-state index contributed by atoms with van der Waals surface area (Å²) in [5.41, 5.74) is 6.45. The predicted octanol–water partition coefficient (Wildman–Crippen LogP) is 5.50. The number of rotatable bonds is 5. The topological polar surface area (TPSA) is 60.6 Å². The summed E-state index contributed by atoms with van der Waals surface area (Å²) in [4.78, 5) is 17.1. The summed E-state index contributed by atoms with van der Waals surface area (Å²) in [6, 6.07) is 11.7. The number of aryl methyl sites for hydroxylation is 3. The maximum atomic E-state index is 13.6. The van der Waals surface area contributed by atoms with Gasteiger partial charge < -0.3 is 19.2 Å². The molecule has 5 nitrogen and oxygen atoms in total. The van der Waals surface area contributed by atoms with Crippen molar-refractivity contribution in [2.75, 3.05) is 21.3 Å². The summed E-state index contributed by atoms with van der Waals surface area (Å²) in [5, 5.41) is 2.22. The molecule has 0 fully saturated rings. The Morgan fingerprint density at radius 3 is 2.13 bits per heavy atom. The lowest BCUT2D eigenvalue weighted by molar-refractivity contribution is 0.103. The molecule has 0 aliphatic heterocycles. The van der Waals surface area contributed by atoms with Crippen molar-refractivity contribution < 1.29 is 19.0 Å². The van der Waals surface area contributed by atoms with Crippen LogP contribution in [-0.2, 0) is 0 Å². The first-order chi connectivity index (χ1) is 14.4. The molecule has 0 aliphatic carbocycles. The Balaban J connectivity index is 1.96. The third-order valence-electron chi connectivity index (χ3n) is 5.66. The zero-order valence-electron chi connectivity index (χ0n) is 18.1. The lowest BCUT2D eigenvalue weighted by Crippen LogP contribution is -2.07. The fourth-order valence-corrected chi connectivity index (χ4v) is 4.13. The van der Waals surface area contributed by atoms with E-state index >= 15 is 0 Å². The first kappa shape index (κ1) is 19.8. The normalized spacial score (nSPS) is 11.1. The number of methoxy groups -OCH3 is 3. The summed E-state index contributed by atoms with van der Waals surface area (Å²) in [7, 11) is 4.63. The third-order valence-corrected chi connectivity index (χ3v) is 5.66. The van der Waals surface area contributed by atoms with E-state index in [0.717, 1.165) is 32.9 Å². The van der Waals surface area contributed by atoms with Crippen molar-refractivity contribution in [1.82, 2.24) is 4.98 Å². The number of aromatic nitrogens is 1. The van der Waals surface area contributed by atoms with Crippen molar-refractivity contribution in [3.8, 4) is 17.2 Å². The average Bonchev–Trinajstić information content (AvgIpc) is 3.14. The first-order valence-electron chi connectivity index (χ1n) is 9.76. The van der Waals surface area contributed by atoms with Gasteiger partial charge in [-0.1, -0.05) is 11.6 Å². The Morgan fingerprint density at radius 2 is 1.53 bits per heavy atom. The summed E-state index contributed by atoms with van der Waals surface area (Å²) in [6.07, 6.45) is 0. The minimum Gasteiger partial charge on any atom is -0.493 e. The SMILES string of the molecule is COc1cc(C(=O)c2cc(C)c3[nH]c4ccc(C)cc4c3c2C)cc(OC)c1OC. The van der Waals surface area contributed by atoms with Crippen molar-refractivity contribution in [3.05, 3.63) is 64.2 Å². The molecule has 154 valence electrons. The van der Waals surface area contributed by atoms with Crippen LogP contribution >= 0.6 is 0 Å². The molecule has 0 atom stereocenters. The number of benzene rings is 3. The fraction of sp³-hybridized carbons (Fsp3) is 0.240. The molecule has 0 spiro atoms. The zero-order chi connectivity index (χ0) is 21.6. The Bertz CT molecular complexity index is 1270. The molecular weight excluding hydrogens is 378 g/mol. The van der Waals surface area contributed by atoms with E-state index in [2.05, 4.69) is 30.1 Å². The second kappa shape index (κ2) is 7.41. The highest BCUT2D eigenvalue weighted by atomic mass is 16.5. The van der Waals surface area contributed by atoms with Crippen molar-refractivity contribution in [1.29, 1.82) is 0 Å². The van der Waals surface area contributed by atoms with E-state index in [9.17, 15) is 4.79 Å². The van der Waals surface area contributed by atoms with Gasteiger partial charge in [0, 0.05) is 32.9 Å². The number of fused-ring (bicyclic) bond motifs is 3. The number of aromatic amines is 1. The molecule has 0 saturated carbocycles. The molecule has 1 heterocycles. The largest absolute Gasteiger partial charge is 0.493 e. The maximum absolute atomic E-state index is 13.6. The van der Waals surface area contributed by atoms with Crippen LogP contribution in [0, 0.1) is 20.8 Å². The van der Waals surface area contributed by atoms with Gasteiger partial charge in [-0.05, 0) is 62.2 Å². The molecule has 0 saturated heterocycles. The number of ketones is 1. The van der Waals surface area contributed by atoms with Gasteiger partial charge in [0.15, 0.2) is 17.3 Å². The van der Waals surface area contributed by atoms with Crippen LogP contribution in [0.4, 0.5) is 0 Å². The lowest BCUT2D eigenvalue weighted by Gasteiger charge is -2.15. The highest BCUT2D eigenvalue weighted by Crippen LogP contribution is 2.40. The minimum absolute atomic E-state index is 0.0845. The molecule has 5 heteroatoms. The van der Waals surface area contributed by atoms with Crippen LogP contribution in [0.15, 0.2) is 36.4 Å². The monoisotopic (exact) mass is 403 g/mol. The Hall–Kier alpha value is -3.47. The van der Waals surface area contributed by atoms with E-state index in [1.807, 2.05) is 19.9 Å². The number of H-pyrrole nitrogens is 1. The van der Waals surface area contributed by atoms with E-state index in [0.29, 0.717) is 28.4 Å². The second-order valence-electron chi connectivity index (χ2n) is 7.53. The number of hydrogen-bond acceptors (Lipinski definition) is 4. The van der Waals surface area contributed by atoms with E-state index < -0.39 is 0 Å². The highest BCUT2D eigenvalue weighted by Gasteiger charge is 2.22. The number of nitrogens with one attached hydrogen (secondary N) is 1. The van der Waals surface area contributed by atoms with Crippen LogP contribution in [0.3, 0.4) is 0 Å². The van der Waals surface area contributed by atoms with Crippen molar-refractivity contribution >= 4 is 27.6 Å². The molecule has 30 heavy (non-hydrogen) atoms. The molecule has 0 amide bonds. The molecule has 0 bridgehead atoms. The summed E-state index contributed by atoms with van der Waals surface area (Å²) >= 11 is 0. The van der Waals surface area contributed by atoms with Crippen LogP contribution in [0.2, 0.25) is 0 Å². The molecular formula is C25H25NO4. The van der Waals surface area contributed by atoms with Crippen LogP contribution in [0.1, 0.15) is 32.6 Å². The van der Waals surface area contributed by atoms with Gasteiger partial charge in [0.1, 0.15) is 0 Å². The number of carbonyl (C=O) groups is 1. The number of hydrogen-bond donors (Lipinski definition) is 1. The van der Waals surface area contributed by atoms with Gasteiger partial charge in [0.2, 0.25) is 5.75 Å². The highest BCUT2D eigenvalue weighted by molar-refractivity contribution is 6.17. The number of ether oxygens (including phenoxy) is 3. The fourth-order valence-electron chi connectivity index (χ4n) is 4.13. The second-order valence-corrected chi connectivity index (χ2v) is 7.53. The summed E-state index contributed by atoms with van der Waals surface area (Å²) < 4.78 is 16.2. The molecule has 0 unspecified atom stereocenters. The Morgan fingerprint density at radius 1 is 0.867 bits per heavy atom. The molecule has 3 aromatic carbocycles.